The van der Waals surface area contributed by atoms with Crippen molar-refractivity contribution in [1.29, 1.82) is 0 Å². The summed E-state index contributed by atoms with van der Waals surface area (Å²) >= 11 is 3.38. The molecule has 0 spiro atoms. The number of halogens is 1. The molecule has 1 aliphatic rings. The fourth-order valence-electron chi connectivity index (χ4n) is 2.39. The molecule has 2 rings (SSSR count). The second-order valence-corrected chi connectivity index (χ2v) is 6.90. The molecular weight excluding hydrogens is 360 g/mol. The van der Waals surface area contributed by atoms with Gasteiger partial charge in [0.05, 0.1) is 12.6 Å². The van der Waals surface area contributed by atoms with Crippen molar-refractivity contribution in [2.75, 3.05) is 6.61 Å². The number of carbonyl (C=O) groups is 2. The predicted molar refractivity (Wildman–Crippen MR) is 91.6 cm³/mol. The van der Waals surface area contributed by atoms with Crippen LogP contribution in [0.25, 0.3) is 0 Å². The Morgan fingerprint density at radius 1 is 1.35 bits per heavy atom. The SMILES string of the molecule is C=C1NC(=O)NC(c2ccc(Br)cc2)C1C(=O)OCCC(C)C. The van der Waals surface area contributed by atoms with Crippen molar-refractivity contribution in [3.8, 4) is 0 Å². The Labute approximate surface area is 144 Å². The normalized spacial score (nSPS) is 20.9. The van der Waals surface area contributed by atoms with Gasteiger partial charge in [0.15, 0.2) is 0 Å². The first-order chi connectivity index (χ1) is 10.9. The van der Waals surface area contributed by atoms with Gasteiger partial charge in [-0.2, -0.15) is 0 Å². The van der Waals surface area contributed by atoms with E-state index in [-0.39, 0.29) is 12.0 Å². The number of urea groups is 1. The number of ether oxygens (including phenoxy) is 1. The number of carbonyl (C=O) groups excluding carboxylic acids is 2. The van der Waals surface area contributed by atoms with E-state index in [0.717, 1.165) is 16.5 Å². The zero-order chi connectivity index (χ0) is 17.0. The van der Waals surface area contributed by atoms with Crippen LogP contribution in [0.15, 0.2) is 41.0 Å². The summed E-state index contributed by atoms with van der Waals surface area (Å²) in [6.45, 7) is 8.32. The van der Waals surface area contributed by atoms with E-state index in [2.05, 4.69) is 47.0 Å². The molecule has 1 heterocycles. The van der Waals surface area contributed by atoms with Crippen molar-refractivity contribution < 1.29 is 14.3 Å². The van der Waals surface area contributed by atoms with Crippen molar-refractivity contribution >= 4 is 27.9 Å². The van der Waals surface area contributed by atoms with Crippen LogP contribution in [0, 0.1) is 11.8 Å². The molecule has 1 saturated heterocycles. The molecule has 5 nitrogen and oxygen atoms in total. The first-order valence-electron chi connectivity index (χ1n) is 7.57. The van der Waals surface area contributed by atoms with Gasteiger partial charge in [-0.05, 0) is 30.0 Å². The lowest BCUT2D eigenvalue weighted by atomic mass is 9.89. The van der Waals surface area contributed by atoms with E-state index in [4.69, 9.17) is 4.74 Å². The van der Waals surface area contributed by atoms with Gasteiger partial charge < -0.3 is 15.4 Å². The molecule has 0 radical (unpaired) electrons. The van der Waals surface area contributed by atoms with Crippen LogP contribution in [0.1, 0.15) is 31.9 Å². The van der Waals surface area contributed by atoms with E-state index >= 15 is 0 Å². The molecule has 1 fully saturated rings. The highest BCUT2D eigenvalue weighted by Crippen LogP contribution is 2.31. The van der Waals surface area contributed by atoms with E-state index in [1.165, 1.54) is 0 Å². The summed E-state index contributed by atoms with van der Waals surface area (Å²) < 4.78 is 6.30. The molecule has 2 amide bonds. The van der Waals surface area contributed by atoms with Crippen LogP contribution in [0.4, 0.5) is 4.79 Å². The molecule has 124 valence electrons. The molecule has 0 aliphatic carbocycles. The van der Waals surface area contributed by atoms with E-state index in [0.29, 0.717) is 18.2 Å². The molecule has 1 aromatic carbocycles. The molecule has 0 bridgehead atoms. The van der Waals surface area contributed by atoms with E-state index in [1.54, 1.807) is 0 Å². The van der Waals surface area contributed by atoms with Gasteiger partial charge in [0.25, 0.3) is 0 Å². The van der Waals surface area contributed by atoms with Gasteiger partial charge in [-0.15, -0.1) is 0 Å². The maximum absolute atomic E-state index is 12.5. The molecule has 6 heteroatoms. The van der Waals surface area contributed by atoms with E-state index in [1.807, 2.05) is 24.3 Å². The van der Waals surface area contributed by atoms with Crippen molar-refractivity contribution in [2.24, 2.45) is 11.8 Å². The number of rotatable bonds is 5. The van der Waals surface area contributed by atoms with Gasteiger partial charge in [-0.1, -0.05) is 48.5 Å². The van der Waals surface area contributed by atoms with Crippen LogP contribution in [-0.2, 0) is 9.53 Å². The third kappa shape index (κ3) is 4.58. The van der Waals surface area contributed by atoms with Crippen LogP contribution < -0.4 is 10.6 Å². The molecule has 0 saturated carbocycles. The minimum atomic E-state index is -0.652. The zero-order valence-corrected chi connectivity index (χ0v) is 14.9. The fraction of sp³-hybridized carbons (Fsp3) is 0.412. The Hall–Kier alpha value is -1.82. The molecule has 1 aliphatic heterocycles. The average molecular weight is 381 g/mol. The number of hydrogen-bond donors (Lipinski definition) is 2. The Morgan fingerprint density at radius 3 is 2.61 bits per heavy atom. The van der Waals surface area contributed by atoms with Gasteiger partial charge in [0.2, 0.25) is 0 Å². The molecule has 2 atom stereocenters. The maximum atomic E-state index is 12.5. The number of amides is 2. The topological polar surface area (TPSA) is 67.4 Å². The monoisotopic (exact) mass is 380 g/mol. The van der Waals surface area contributed by atoms with Gasteiger partial charge >= 0.3 is 12.0 Å². The smallest absolute Gasteiger partial charge is 0.319 e. The Balaban J connectivity index is 2.18. The quantitative estimate of drug-likeness (QED) is 0.767. The summed E-state index contributed by atoms with van der Waals surface area (Å²) in [5.74, 6) is -0.574. The summed E-state index contributed by atoms with van der Waals surface area (Å²) in [7, 11) is 0. The second-order valence-electron chi connectivity index (χ2n) is 5.98. The minimum Gasteiger partial charge on any atom is -0.465 e. The van der Waals surface area contributed by atoms with Crippen LogP contribution in [0.2, 0.25) is 0 Å². The predicted octanol–water partition coefficient (Wildman–Crippen LogP) is 3.52. The summed E-state index contributed by atoms with van der Waals surface area (Å²) in [5, 5.41) is 5.35. The van der Waals surface area contributed by atoms with Crippen LogP contribution in [-0.4, -0.2) is 18.6 Å². The molecule has 2 N–H and O–H groups in total. The van der Waals surface area contributed by atoms with Crippen molar-refractivity contribution in [3.05, 3.63) is 46.6 Å². The van der Waals surface area contributed by atoms with Gasteiger partial charge in [0.1, 0.15) is 5.92 Å². The molecule has 1 aromatic rings. The Morgan fingerprint density at radius 2 is 2.00 bits per heavy atom. The Bertz CT molecular complexity index is 598. The van der Waals surface area contributed by atoms with E-state index in [9.17, 15) is 9.59 Å². The second kappa shape index (κ2) is 7.64. The highest BCUT2D eigenvalue weighted by atomic mass is 79.9. The number of benzene rings is 1. The highest BCUT2D eigenvalue weighted by molar-refractivity contribution is 9.10. The minimum absolute atomic E-state index is 0.358. The van der Waals surface area contributed by atoms with Gasteiger partial charge in [-0.25, -0.2) is 4.79 Å². The first-order valence-corrected chi connectivity index (χ1v) is 8.36. The zero-order valence-electron chi connectivity index (χ0n) is 13.3. The van der Waals surface area contributed by atoms with Crippen LogP contribution >= 0.6 is 15.9 Å². The lowest BCUT2D eigenvalue weighted by Crippen LogP contribution is -2.51. The van der Waals surface area contributed by atoms with Crippen LogP contribution in [0.5, 0.6) is 0 Å². The highest BCUT2D eigenvalue weighted by Gasteiger charge is 2.38. The summed E-state index contributed by atoms with van der Waals surface area (Å²) in [5.41, 5.74) is 1.19. The van der Waals surface area contributed by atoms with Gasteiger partial charge in [0, 0.05) is 10.2 Å². The fourth-order valence-corrected chi connectivity index (χ4v) is 2.66. The molecule has 23 heavy (non-hydrogen) atoms. The number of nitrogens with one attached hydrogen (secondary N) is 2. The lowest BCUT2D eigenvalue weighted by Gasteiger charge is -2.33. The van der Waals surface area contributed by atoms with Crippen molar-refractivity contribution in [1.82, 2.24) is 10.6 Å². The summed E-state index contributed by atoms with van der Waals surface area (Å²) in [6.07, 6.45) is 0.799. The third-order valence-corrected chi connectivity index (χ3v) is 4.22. The maximum Gasteiger partial charge on any atom is 0.319 e. The van der Waals surface area contributed by atoms with Crippen molar-refractivity contribution in [3.63, 3.8) is 0 Å². The lowest BCUT2D eigenvalue weighted by molar-refractivity contribution is -0.148. The third-order valence-electron chi connectivity index (χ3n) is 3.69. The standard InChI is InChI=1S/C17H21BrN2O3/c1-10(2)8-9-23-16(21)14-11(3)19-17(22)20-15(14)12-4-6-13(18)7-5-12/h4-7,10,14-15H,3,8-9H2,1-2H3,(H2,19,20,22). The van der Waals surface area contributed by atoms with E-state index < -0.39 is 12.0 Å². The molecule has 0 aromatic heterocycles. The average Bonchev–Trinajstić information content (AvgIpc) is 2.46. The largest absolute Gasteiger partial charge is 0.465 e. The van der Waals surface area contributed by atoms with Crippen LogP contribution in [0.3, 0.4) is 0 Å². The van der Waals surface area contributed by atoms with Gasteiger partial charge in [-0.3, -0.25) is 4.79 Å². The molecule has 2 unspecified atom stereocenters. The van der Waals surface area contributed by atoms with Crippen molar-refractivity contribution in [2.45, 2.75) is 26.3 Å². The molecular formula is C17H21BrN2O3. The first kappa shape index (κ1) is 17.5. The number of hydrogen-bond acceptors (Lipinski definition) is 3. The summed E-state index contributed by atoms with van der Waals surface area (Å²) in [4.78, 5) is 24.2. The number of esters is 1. The summed E-state index contributed by atoms with van der Waals surface area (Å²) in [6, 6.07) is 6.61. The Kier molecular flexibility index (Phi) is 5.82.